The Labute approximate surface area is 219 Å². The summed E-state index contributed by atoms with van der Waals surface area (Å²) < 4.78 is 19.3. The van der Waals surface area contributed by atoms with Gasteiger partial charge in [-0.05, 0) is 57.4 Å². The maximum absolute atomic E-state index is 13.9. The molecule has 0 bridgehead atoms. The molecule has 0 radical (unpaired) electrons. The minimum absolute atomic E-state index is 0.0942. The average molecular weight is 524 g/mol. The molecule has 0 saturated carbocycles. The number of benzene rings is 2. The van der Waals surface area contributed by atoms with Crippen molar-refractivity contribution in [2.75, 3.05) is 39.2 Å². The molecule has 36 heavy (non-hydrogen) atoms. The third-order valence-corrected chi connectivity index (χ3v) is 4.64. The highest BCUT2D eigenvalue weighted by Crippen LogP contribution is 2.22. The number of amides is 3. The largest absolute Gasteiger partial charge is 0.488 e. The predicted octanol–water partition coefficient (Wildman–Crippen LogP) is 5.28. The van der Waals surface area contributed by atoms with Gasteiger partial charge in [0.1, 0.15) is 0 Å². The van der Waals surface area contributed by atoms with Crippen LogP contribution in [0.25, 0.3) is 0 Å². The van der Waals surface area contributed by atoms with Crippen molar-refractivity contribution in [3.63, 3.8) is 0 Å². The van der Waals surface area contributed by atoms with Gasteiger partial charge in [0.05, 0.1) is 12.8 Å². The van der Waals surface area contributed by atoms with E-state index in [2.05, 4.69) is 22.3 Å². The molecule has 2 N–H and O–H groups in total. The summed E-state index contributed by atoms with van der Waals surface area (Å²) in [5.74, 6) is -0.229. The Hall–Kier alpha value is -3.17. The van der Waals surface area contributed by atoms with E-state index in [0.29, 0.717) is 23.8 Å². The number of carbonyl (C=O) groups excluding carboxylic acids is 2. The smallest absolute Gasteiger partial charge is 0.342 e. The molecule has 2 rings (SSSR count). The standard InChI is InChI=1S/C18H20ClFN2O2.C6H13N3O.C2H6/c1-13(2)24-18-8-7-16(9-17(18)20)21-11-22(12-23)10-14-3-5-15(19)6-4-14;1-7-4-5-9(3)6(10)8-2;1-2/h3-9,12-13,21H,10-11H2,1-2H3;7H,2,4-5H2,1,3H3;1-2H3. The highest BCUT2D eigenvalue weighted by molar-refractivity contribution is 6.30. The van der Waals surface area contributed by atoms with Crippen LogP contribution >= 0.6 is 11.6 Å². The molecular formula is C26H39ClFN5O3. The van der Waals surface area contributed by atoms with Gasteiger partial charge in [0, 0.05) is 43.5 Å². The van der Waals surface area contributed by atoms with Crippen LogP contribution in [0.5, 0.6) is 5.75 Å². The van der Waals surface area contributed by atoms with Crippen LogP contribution in [0.15, 0.2) is 47.5 Å². The van der Waals surface area contributed by atoms with Crippen molar-refractivity contribution < 1.29 is 18.7 Å². The molecule has 200 valence electrons. The highest BCUT2D eigenvalue weighted by Gasteiger charge is 2.08. The summed E-state index contributed by atoms with van der Waals surface area (Å²) in [6, 6.07) is 11.6. The molecule has 0 atom stereocenters. The Morgan fingerprint density at radius 2 is 1.86 bits per heavy atom. The van der Waals surface area contributed by atoms with Gasteiger partial charge in [-0.2, -0.15) is 0 Å². The summed E-state index contributed by atoms with van der Waals surface area (Å²) in [5.41, 5.74) is 1.53. The fourth-order valence-electron chi connectivity index (χ4n) is 2.60. The fourth-order valence-corrected chi connectivity index (χ4v) is 2.73. The zero-order valence-corrected chi connectivity index (χ0v) is 22.8. The molecule has 0 aliphatic heterocycles. The number of aliphatic imine (C=N–C) groups is 1. The normalized spacial score (nSPS) is 9.69. The number of likely N-dealkylation sites (N-methyl/N-ethyl adjacent to an activating group) is 2. The number of rotatable bonds is 11. The number of nitrogens with one attached hydrogen (secondary N) is 2. The lowest BCUT2D eigenvalue weighted by atomic mass is 10.2. The van der Waals surface area contributed by atoms with E-state index in [0.717, 1.165) is 18.5 Å². The van der Waals surface area contributed by atoms with E-state index in [-0.39, 0.29) is 24.6 Å². The van der Waals surface area contributed by atoms with Gasteiger partial charge < -0.3 is 25.2 Å². The van der Waals surface area contributed by atoms with Crippen molar-refractivity contribution in [2.24, 2.45) is 4.99 Å². The first-order chi connectivity index (χ1) is 17.2. The van der Waals surface area contributed by atoms with Crippen LogP contribution in [0.1, 0.15) is 33.3 Å². The number of carbonyl (C=O) groups is 2. The predicted molar refractivity (Wildman–Crippen MR) is 147 cm³/mol. The Kier molecular flexibility index (Phi) is 17.4. The summed E-state index contributed by atoms with van der Waals surface area (Å²) in [7, 11) is 3.52. The van der Waals surface area contributed by atoms with Gasteiger partial charge in [0.25, 0.3) is 0 Å². The van der Waals surface area contributed by atoms with Crippen LogP contribution in [0.4, 0.5) is 14.9 Å². The molecule has 0 aromatic heterocycles. The van der Waals surface area contributed by atoms with E-state index in [1.54, 1.807) is 36.2 Å². The number of hydrogen-bond donors (Lipinski definition) is 2. The number of urea groups is 1. The van der Waals surface area contributed by atoms with Crippen molar-refractivity contribution in [2.45, 2.75) is 40.3 Å². The molecule has 0 spiro atoms. The van der Waals surface area contributed by atoms with Crippen LogP contribution in [0.2, 0.25) is 5.02 Å². The quantitative estimate of drug-likeness (QED) is 0.238. The van der Waals surface area contributed by atoms with Crippen molar-refractivity contribution in [1.29, 1.82) is 0 Å². The first kappa shape index (κ1) is 32.8. The van der Waals surface area contributed by atoms with Crippen LogP contribution in [-0.4, -0.2) is 68.9 Å². The molecule has 3 amide bonds. The molecule has 0 aliphatic rings. The molecule has 0 aliphatic carbocycles. The number of anilines is 1. The van der Waals surface area contributed by atoms with E-state index in [4.69, 9.17) is 16.3 Å². The summed E-state index contributed by atoms with van der Waals surface area (Å²) in [6.45, 7) is 12.9. The fraction of sp³-hybridized carbons (Fsp3) is 0.423. The third kappa shape index (κ3) is 13.7. The molecule has 2 aromatic rings. The van der Waals surface area contributed by atoms with Crippen molar-refractivity contribution in [3.8, 4) is 5.75 Å². The third-order valence-electron chi connectivity index (χ3n) is 4.39. The Balaban J connectivity index is 0.000000861. The van der Waals surface area contributed by atoms with Gasteiger partial charge in [-0.1, -0.05) is 37.6 Å². The van der Waals surface area contributed by atoms with Gasteiger partial charge in [-0.15, -0.1) is 0 Å². The highest BCUT2D eigenvalue weighted by atomic mass is 35.5. The van der Waals surface area contributed by atoms with Gasteiger partial charge in [-0.3, -0.25) is 4.79 Å². The van der Waals surface area contributed by atoms with Gasteiger partial charge >= 0.3 is 6.03 Å². The van der Waals surface area contributed by atoms with E-state index >= 15 is 0 Å². The molecule has 0 unspecified atom stereocenters. The minimum atomic E-state index is -0.441. The lowest BCUT2D eigenvalue weighted by molar-refractivity contribution is -0.118. The second-order valence-electron chi connectivity index (χ2n) is 7.59. The Morgan fingerprint density at radius 1 is 1.22 bits per heavy atom. The number of ether oxygens (including phenoxy) is 1. The van der Waals surface area contributed by atoms with Gasteiger partial charge in [-0.25, -0.2) is 14.2 Å². The second-order valence-corrected chi connectivity index (χ2v) is 8.03. The van der Waals surface area contributed by atoms with E-state index in [1.807, 2.05) is 46.9 Å². The summed E-state index contributed by atoms with van der Waals surface area (Å²) in [4.78, 5) is 28.2. The monoisotopic (exact) mass is 523 g/mol. The van der Waals surface area contributed by atoms with Crippen LogP contribution in [0.3, 0.4) is 0 Å². The topological polar surface area (TPSA) is 86.3 Å². The lowest BCUT2D eigenvalue weighted by Crippen LogP contribution is -2.30. The maximum Gasteiger partial charge on any atom is 0.342 e. The lowest BCUT2D eigenvalue weighted by Gasteiger charge is -2.19. The second kappa shape index (κ2) is 19.1. The van der Waals surface area contributed by atoms with Crippen molar-refractivity contribution >= 4 is 36.4 Å². The maximum atomic E-state index is 13.9. The number of hydrogen-bond acceptors (Lipinski definition) is 5. The van der Waals surface area contributed by atoms with Crippen LogP contribution < -0.4 is 15.4 Å². The minimum Gasteiger partial charge on any atom is -0.488 e. The van der Waals surface area contributed by atoms with Crippen molar-refractivity contribution in [3.05, 3.63) is 58.9 Å². The van der Waals surface area contributed by atoms with Gasteiger partial charge in [0.15, 0.2) is 11.6 Å². The Bertz CT molecular complexity index is 913. The first-order valence-electron chi connectivity index (χ1n) is 11.7. The van der Waals surface area contributed by atoms with E-state index in [1.165, 1.54) is 11.0 Å². The number of halogens is 2. The first-order valence-corrected chi connectivity index (χ1v) is 12.1. The molecule has 10 heteroatoms. The van der Waals surface area contributed by atoms with E-state index < -0.39 is 5.82 Å². The summed E-state index contributed by atoms with van der Waals surface area (Å²) >= 11 is 5.84. The van der Waals surface area contributed by atoms with Crippen LogP contribution in [0, 0.1) is 5.82 Å². The van der Waals surface area contributed by atoms with E-state index in [9.17, 15) is 14.0 Å². The molecular weight excluding hydrogens is 485 g/mol. The van der Waals surface area contributed by atoms with Crippen molar-refractivity contribution in [1.82, 2.24) is 15.1 Å². The van der Waals surface area contributed by atoms with Gasteiger partial charge in [0.2, 0.25) is 6.41 Å². The van der Waals surface area contributed by atoms with Crippen LogP contribution in [-0.2, 0) is 11.3 Å². The SMILES string of the molecule is C=NC(=O)N(C)CCNC.CC.CC(C)Oc1ccc(NCN(C=O)Cc2ccc(Cl)cc2)cc1F. The molecule has 8 nitrogen and oxygen atoms in total. The zero-order valence-electron chi connectivity index (χ0n) is 22.1. The molecule has 0 saturated heterocycles. The average Bonchev–Trinajstić information content (AvgIpc) is 2.88. The summed E-state index contributed by atoms with van der Waals surface area (Å²) in [6.07, 6.45) is 0.650. The number of nitrogens with zero attached hydrogens (tertiary/aromatic N) is 3. The molecule has 2 aromatic carbocycles. The summed E-state index contributed by atoms with van der Waals surface area (Å²) in [5, 5.41) is 6.59. The zero-order chi connectivity index (χ0) is 27.5. The Morgan fingerprint density at radius 3 is 2.36 bits per heavy atom. The molecule has 0 fully saturated rings. The molecule has 0 heterocycles.